The predicted octanol–water partition coefficient (Wildman–Crippen LogP) is 3.07. The number of hydrogen-bond acceptors (Lipinski definition) is 4. The second kappa shape index (κ2) is 8.83. The van der Waals surface area contributed by atoms with Gasteiger partial charge in [0, 0.05) is 44.4 Å². The number of halogens is 1. The normalized spacial score (nSPS) is 15.4. The maximum absolute atomic E-state index is 12.3. The minimum absolute atomic E-state index is 0. The summed E-state index contributed by atoms with van der Waals surface area (Å²) in [5.74, 6) is 0.965. The monoisotopic (exact) mass is 361 g/mol. The van der Waals surface area contributed by atoms with Crippen molar-refractivity contribution in [3.63, 3.8) is 0 Å². The predicted molar refractivity (Wildman–Crippen MR) is 101 cm³/mol. The summed E-state index contributed by atoms with van der Waals surface area (Å²) in [6, 6.07) is 9.89. The van der Waals surface area contributed by atoms with Gasteiger partial charge < -0.3 is 9.42 Å². The van der Waals surface area contributed by atoms with Crippen LogP contribution in [-0.4, -0.2) is 47.0 Å². The Morgan fingerprint density at radius 1 is 1.16 bits per heavy atom. The largest absolute Gasteiger partial charge is 0.361 e. The number of carbonyl (C=O) groups excluding carboxylic acids is 1. The molecule has 1 aromatic heterocycles. The SMILES string of the molecule is Cc1noc(C)c1CN1CCN(C(=O)C=Cc2ccccc2)CC1.Cl. The summed E-state index contributed by atoms with van der Waals surface area (Å²) in [4.78, 5) is 16.5. The molecule has 5 nitrogen and oxygen atoms in total. The molecule has 25 heavy (non-hydrogen) atoms. The first-order valence-electron chi connectivity index (χ1n) is 8.29. The second-order valence-corrected chi connectivity index (χ2v) is 6.15. The molecule has 1 aliphatic rings. The minimum Gasteiger partial charge on any atom is -0.361 e. The fourth-order valence-corrected chi connectivity index (χ4v) is 2.91. The van der Waals surface area contributed by atoms with E-state index in [1.807, 2.05) is 55.2 Å². The van der Waals surface area contributed by atoms with Gasteiger partial charge in [-0.2, -0.15) is 0 Å². The topological polar surface area (TPSA) is 49.6 Å². The summed E-state index contributed by atoms with van der Waals surface area (Å²) >= 11 is 0. The van der Waals surface area contributed by atoms with E-state index in [-0.39, 0.29) is 18.3 Å². The molecule has 0 N–H and O–H groups in total. The molecule has 134 valence electrons. The molecular formula is C19H24ClN3O2. The molecule has 0 saturated carbocycles. The summed E-state index contributed by atoms with van der Waals surface area (Å²) in [5.41, 5.74) is 3.17. The third-order valence-electron chi connectivity index (χ3n) is 4.46. The van der Waals surface area contributed by atoms with E-state index in [0.717, 1.165) is 49.7 Å². The van der Waals surface area contributed by atoms with Crippen LogP contribution in [0.3, 0.4) is 0 Å². The van der Waals surface area contributed by atoms with E-state index in [4.69, 9.17) is 4.52 Å². The van der Waals surface area contributed by atoms with E-state index in [1.54, 1.807) is 6.08 Å². The van der Waals surface area contributed by atoms with E-state index in [1.165, 1.54) is 5.56 Å². The smallest absolute Gasteiger partial charge is 0.246 e. The van der Waals surface area contributed by atoms with Crippen molar-refractivity contribution in [3.8, 4) is 0 Å². The fraction of sp³-hybridized carbons (Fsp3) is 0.368. The zero-order chi connectivity index (χ0) is 16.9. The molecule has 6 heteroatoms. The number of aryl methyl sites for hydroxylation is 2. The van der Waals surface area contributed by atoms with Gasteiger partial charge in [-0.1, -0.05) is 35.5 Å². The fourth-order valence-electron chi connectivity index (χ4n) is 2.91. The van der Waals surface area contributed by atoms with Crippen molar-refractivity contribution >= 4 is 24.4 Å². The number of nitrogens with zero attached hydrogens (tertiary/aromatic N) is 3. The Morgan fingerprint density at radius 3 is 2.44 bits per heavy atom. The Hall–Kier alpha value is -2.11. The van der Waals surface area contributed by atoms with Crippen molar-refractivity contribution in [1.82, 2.24) is 15.0 Å². The van der Waals surface area contributed by atoms with E-state index in [2.05, 4.69) is 10.1 Å². The van der Waals surface area contributed by atoms with Crippen LogP contribution in [0.1, 0.15) is 22.6 Å². The van der Waals surface area contributed by atoms with Gasteiger partial charge in [0.1, 0.15) is 5.76 Å². The summed E-state index contributed by atoms with van der Waals surface area (Å²) in [7, 11) is 0. The first-order chi connectivity index (χ1) is 11.6. The van der Waals surface area contributed by atoms with Gasteiger partial charge in [0.05, 0.1) is 5.69 Å². The van der Waals surface area contributed by atoms with Crippen molar-refractivity contribution < 1.29 is 9.32 Å². The van der Waals surface area contributed by atoms with E-state index in [9.17, 15) is 4.79 Å². The number of hydrogen-bond donors (Lipinski definition) is 0. The number of aromatic nitrogens is 1. The van der Waals surface area contributed by atoms with Gasteiger partial charge in [-0.15, -0.1) is 12.4 Å². The third-order valence-corrected chi connectivity index (χ3v) is 4.46. The van der Waals surface area contributed by atoms with Crippen molar-refractivity contribution in [3.05, 3.63) is 59.0 Å². The van der Waals surface area contributed by atoms with Crippen molar-refractivity contribution in [2.75, 3.05) is 26.2 Å². The Morgan fingerprint density at radius 2 is 1.84 bits per heavy atom. The average Bonchev–Trinajstić information content (AvgIpc) is 2.93. The molecule has 2 heterocycles. The highest BCUT2D eigenvalue weighted by atomic mass is 35.5. The minimum atomic E-state index is 0. The first kappa shape index (κ1) is 19.2. The van der Waals surface area contributed by atoms with Crippen LogP contribution < -0.4 is 0 Å². The van der Waals surface area contributed by atoms with Crippen LogP contribution in [0.2, 0.25) is 0 Å². The molecule has 3 rings (SSSR count). The highest BCUT2D eigenvalue weighted by molar-refractivity contribution is 5.91. The Kier molecular flexibility index (Phi) is 6.79. The molecule has 1 aliphatic heterocycles. The third kappa shape index (κ3) is 4.94. The number of piperazine rings is 1. The Labute approximate surface area is 154 Å². The summed E-state index contributed by atoms with van der Waals surface area (Å²) in [6.07, 6.45) is 3.54. The lowest BCUT2D eigenvalue weighted by atomic mass is 10.1. The van der Waals surface area contributed by atoms with Crippen LogP contribution in [0.25, 0.3) is 6.08 Å². The molecule has 1 fully saturated rings. The molecule has 0 aliphatic carbocycles. The number of amides is 1. The van der Waals surface area contributed by atoms with Gasteiger partial charge in [0.15, 0.2) is 0 Å². The van der Waals surface area contributed by atoms with Gasteiger partial charge in [-0.05, 0) is 25.5 Å². The molecule has 2 aromatic rings. The van der Waals surface area contributed by atoms with Gasteiger partial charge >= 0.3 is 0 Å². The molecule has 0 bridgehead atoms. The summed E-state index contributed by atoms with van der Waals surface area (Å²) in [6.45, 7) is 8.00. The number of benzene rings is 1. The van der Waals surface area contributed by atoms with E-state index < -0.39 is 0 Å². The maximum atomic E-state index is 12.3. The van der Waals surface area contributed by atoms with Gasteiger partial charge in [0.25, 0.3) is 0 Å². The molecule has 0 spiro atoms. The lowest BCUT2D eigenvalue weighted by molar-refractivity contribution is -0.127. The van der Waals surface area contributed by atoms with Crippen molar-refractivity contribution in [1.29, 1.82) is 0 Å². The molecular weight excluding hydrogens is 338 g/mol. The van der Waals surface area contributed by atoms with Gasteiger partial charge in [-0.3, -0.25) is 9.69 Å². The molecule has 1 saturated heterocycles. The van der Waals surface area contributed by atoms with E-state index in [0.29, 0.717) is 0 Å². The van der Waals surface area contributed by atoms with Gasteiger partial charge in [-0.25, -0.2) is 0 Å². The molecule has 1 aromatic carbocycles. The Balaban J connectivity index is 0.00000225. The molecule has 0 atom stereocenters. The summed E-state index contributed by atoms with van der Waals surface area (Å²) < 4.78 is 5.22. The van der Waals surface area contributed by atoms with Crippen LogP contribution >= 0.6 is 12.4 Å². The molecule has 1 amide bonds. The van der Waals surface area contributed by atoms with E-state index >= 15 is 0 Å². The highest BCUT2D eigenvalue weighted by Gasteiger charge is 2.21. The van der Waals surface area contributed by atoms with Crippen LogP contribution in [0.4, 0.5) is 0 Å². The number of rotatable bonds is 4. The van der Waals surface area contributed by atoms with Crippen LogP contribution in [0, 0.1) is 13.8 Å². The standard InChI is InChI=1S/C19H23N3O2.ClH/c1-15-18(16(2)24-20-15)14-21-10-12-22(13-11-21)19(23)9-8-17-6-4-3-5-7-17;/h3-9H,10-14H2,1-2H3;1H. The second-order valence-electron chi connectivity index (χ2n) is 6.15. The zero-order valence-corrected chi connectivity index (χ0v) is 15.5. The van der Waals surface area contributed by atoms with Crippen LogP contribution in [-0.2, 0) is 11.3 Å². The van der Waals surface area contributed by atoms with Crippen LogP contribution in [0.5, 0.6) is 0 Å². The average molecular weight is 362 g/mol. The number of carbonyl (C=O) groups is 1. The lowest BCUT2D eigenvalue weighted by Crippen LogP contribution is -2.47. The quantitative estimate of drug-likeness (QED) is 0.785. The van der Waals surface area contributed by atoms with Crippen molar-refractivity contribution in [2.45, 2.75) is 20.4 Å². The lowest BCUT2D eigenvalue weighted by Gasteiger charge is -2.34. The zero-order valence-electron chi connectivity index (χ0n) is 14.6. The molecule has 0 radical (unpaired) electrons. The highest BCUT2D eigenvalue weighted by Crippen LogP contribution is 2.16. The van der Waals surface area contributed by atoms with Crippen molar-refractivity contribution in [2.24, 2.45) is 0 Å². The summed E-state index contributed by atoms with van der Waals surface area (Å²) in [5, 5.41) is 4.00. The first-order valence-corrected chi connectivity index (χ1v) is 8.29. The van der Waals surface area contributed by atoms with Crippen LogP contribution in [0.15, 0.2) is 40.9 Å². The van der Waals surface area contributed by atoms with Gasteiger partial charge in [0.2, 0.25) is 5.91 Å². The maximum Gasteiger partial charge on any atom is 0.246 e. The Bertz CT molecular complexity index is 700. The molecule has 0 unspecified atom stereocenters.